The zero-order valence-electron chi connectivity index (χ0n) is 24.8. The maximum absolute atomic E-state index is 14.3. The van der Waals surface area contributed by atoms with E-state index >= 15 is 0 Å². The zero-order chi connectivity index (χ0) is 33.0. The van der Waals surface area contributed by atoms with Gasteiger partial charge in [0.1, 0.15) is 11.4 Å². The number of halogens is 3. The predicted molar refractivity (Wildman–Crippen MR) is 162 cm³/mol. The minimum atomic E-state index is -4.87. The molecule has 3 aromatic carbocycles. The summed E-state index contributed by atoms with van der Waals surface area (Å²) in [6.45, 7) is 0.233. The molecular weight excluding hydrogens is 625 g/mol. The van der Waals surface area contributed by atoms with Crippen molar-refractivity contribution >= 4 is 27.3 Å². The number of hydrogen-bond donors (Lipinski definition) is 1. The number of aromatic nitrogens is 2. The Morgan fingerprint density at radius 1 is 1.04 bits per heavy atom. The van der Waals surface area contributed by atoms with Crippen LogP contribution in [-0.2, 0) is 22.4 Å². The molecule has 10 nitrogen and oxygen atoms in total. The van der Waals surface area contributed by atoms with Crippen molar-refractivity contribution in [2.45, 2.75) is 30.0 Å². The number of sulfone groups is 1. The van der Waals surface area contributed by atoms with E-state index in [4.69, 9.17) is 4.74 Å². The molecule has 1 aromatic heterocycles. The molecule has 1 atom stereocenters. The number of fused-ring (bicyclic) bond motifs is 1. The number of anilines is 1. The van der Waals surface area contributed by atoms with E-state index in [9.17, 15) is 36.3 Å². The highest BCUT2D eigenvalue weighted by molar-refractivity contribution is 7.90. The van der Waals surface area contributed by atoms with Crippen LogP contribution in [-0.4, -0.2) is 79.1 Å². The first-order chi connectivity index (χ1) is 21.8. The number of carbonyl (C=O) groups is 2. The number of aliphatic hydroxyl groups is 1. The topological polar surface area (TPSA) is 122 Å². The maximum atomic E-state index is 14.3. The highest BCUT2D eigenvalue weighted by atomic mass is 32.2. The summed E-state index contributed by atoms with van der Waals surface area (Å²) in [6, 6.07) is 17.2. The average Bonchev–Trinajstić information content (AvgIpc) is 3.65. The Kier molecular flexibility index (Phi) is 7.89. The number of amides is 2. The summed E-state index contributed by atoms with van der Waals surface area (Å²) in [5.74, 6) is -1.03. The van der Waals surface area contributed by atoms with E-state index in [0.717, 1.165) is 10.9 Å². The molecule has 1 unspecified atom stereocenters. The van der Waals surface area contributed by atoms with E-state index in [0.29, 0.717) is 23.2 Å². The monoisotopic (exact) mass is 654 g/mol. The van der Waals surface area contributed by atoms with Gasteiger partial charge in [-0.3, -0.25) is 9.59 Å². The SMILES string of the molecule is COc1ccc(-n2nc(C(F)(F)F)c3c2C(=O)N(c2ccc(-c4ccccc4S(C)(=O)=O)cc2)CC3)c(C(=O)N2CCC(O)C2)c1. The third-order valence-corrected chi connectivity index (χ3v) is 9.33. The quantitative estimate of drug-likeness (QED) is 0.328. The maximum Gasteiger partial charge on any atom is 0.435 e. The lowest BCUT2D eigenvalue weighted by molar-refractivity contribution is -0.141. The molecule has 1 fully saturated rings. The van der Waals surface area contributed by atoms with Gasteiger partial charge in [0.2, 0.25) is 0 Å². The van der Waals surface area contributed by atoms with Crippen LogP contribution in [0.4, 0.5) is 18.9 Å². The minimum Gasteiger partial charge on any atom is -0.497 e. The first-order valence-corrected chi connectivity index (χ1v) is 16.2. The smallest absolute Gasteiger partial charge is 0.435 e. The van der Waals surface area contributed by atoms with Gasteiger partial charge in [-0.2, -0.15) is 18.3 Å². The Hall–Kier alpha value is -4.69. The number of ether oxygens (including phenoxy) is 1. The van der Waals surface area contributed by atoms with E-state index in [1.54, 1.807) is 42.5 Å². The van der Waals surface area contributed by atoms with Gasteiger partial charge in [0.15, 0.2) is 15.5 Å². The summed E-state index contributed by atoms with van der Waals surface area (Å²) in [4.78, 5) is 30.5. The lowest BCUT2D eigenvalue weighted by atomic mass is 10.0. The molecule has 0 radical (unpaired) electrons. The first-order valence-electron chi connectivity index (χ1n) is 14.3. The van der Waals surface area contributed by atoms with Crippen molar-refractivity contribution in [2.75, 3.05) is 37.9 Å². The van der Waals surface area contributed by atoms with E-state index < -0.39 is 39.6 Å². The van der Waals surface area contributed by atoms with Crippen LogP contribution in [0.1, 0.15) is 38.5 Å². The van der Waals surface area contributed by atoms with E-state index in [1.165, 1.54) is 41.2 Å². The third-order valence-electron chi connectivity index (χ3n) is 8.17. The molecule has 1 N–H and O–H groups in total. The third kappa shape index (κ3) is 5.62. The van der Waals surface area contributed by atoms with Crippen LogP contribution in [0.15, 0.2) is 71.6 Å². The van der Waals surface area contributed by atoms with Crippen LogP contribution < -0.4 is 9.64 Å². The van der Waals surface area contributed by atoms with Crippen molar-refractivity contribution in [1.82, 2.24) is 14.7 Å². The Balaban J connectivity index is 1.43. The second-order valence-corrected chi connectivity index (χ2v) is 13.2. The van der Waals surface area contributed by atoms with Crippen LogP contribution in [0.5, 0.6) is 5.75 Å². The van der Waals surface area contributed by atoms with Gasteiger partial charge in [0, 0.05) is 42.7 Å². The Morgan fingerprint density at radius 2 is 1.76 bits per heavy atom. The minimum absolute atomic E-state index is 0.0358. The first kappa shape index (κ1) is 31.3. The van der Waals surface area contributed by atoms with E-state index in [1.807, 2.05) is 0 Å². The lowest BCUT2D eigenvalue weighted by Gasteiger charge is -2.28. The Morgan fingerprint density at radius 3 is 2.39 bits per heavy atom. The fraction of sp³-hybridized carbons (Fsp3) is 0.281. The van der Waals surface area contributed by atoms with Gasteiger partial charge in [-0.25, -0.2) is 13.1 Å². The van der Waals surface area contributed by atoms with Crippen molar-refractivity contribution in [3.8, 4) is 22.6 Å². The molecule has 0 bridgehead atoms. The normalized spacial score (nSPS) is 16.9. The zero-order valence-corrected chi connectivity index (χ0v) is 25.6. The highest BCUT2D eigenvalue weighted by Crippen LogP contribution is 2.38. The van der Waals surface area contributed by atoms with Crippen LogP contribution >= 0.6 is 0 Å². The summed E-state index contributed by atoms with van der Waals surface area (Å²) >= 11 is 0. The Labute approximate surface area is 262 Å². The number of methoxy groups -OCH3 is 1. The molecule has 0 spiro atoms. The van der Waals surface area contributed by atoms with Crippen LogP contribution in [0.2, 0.25) is 0 Å². The molecule has 2 aliphatic rings. The summed E-state index contributed by atoms with van der Waals surface area (Å²) < 4.78 is 73.6. The van der Waals surface area contributed by atoms with Gasteiger partial charge in [-0.15, -0.1) is 0 Å². The molecule has 0 saturated carbocycles. The molecule has 6 rings (SSSR count). The van der Waals surface area contributed by atoms with Gasteiger partial charge in [-0.1, -0.05) is 30.3 Å². The molecule has 1 saturated heterocycles. The van der Waals surface area contributed by atoms with Crippen LogP contribution in [0.25, 0.3) is 16.8 Å². The summed E-state index contributed by atoms with van der Waals surface area (Å²) in [6.07, 6.45) is -4.30. The van der Waals surface area contributed by atoms with Gasteiger partial charge >= 0.3 is 6.18 Å². The standard InChI is InChI=1S/C32H29F3N4O6S/c1-45-22-11-12-26(25(17-22)30(41)37-15-13-21(40)18-37)39-28-24(29(36-39)32(33,34)35)14-16-38(31(28)42)20-9-7-19(8-10-20)23-5-3-4-6-27(23)46(2,43)44/h3-12,17,21,40H,13-16,18H2,1-2H3. The molecule has 2 aliphatic heterocycles. The number of rotatable bonds is 6. The highest BCUT2D eigenvalue weighted by Gasteiger charge is 2.44. The number of nitrogens with zero attached hydrogens (tertiary/aromatic N) is 4. The molecule has 2 amide bonds. The Bertz CT molecular complexity index is 1960. The van der Waals surface area contributed by atoms with Crippen LogP contribution in [0, 0.1) is 0 Å². The van der Waals surface area contributed by atoms with E-state index in [-0.39, 0.29) is 59.2 Å². The van der Waals surface area contributed by atoms with Crippen molar-refractivity contribution in [3.63, 3.8) is 0 Å². The molecular formula is C32H29F3N4O6S. The largest absolute Gasteiger partial charge is 0.497 e. The van der Waals surface area contributed by atoms with Gasteiger partial charge in [0.05, 0.1) is 29.4 Å². The summed E-state index contributed by atoms with van der Waals surface area (Å²) in [5, 5.41) is 13.9. The van der Waals surface area contributed by atoms with Crippen molar-refractivity contribution in [2.24, 2.45) is 0 Å². The molecule has 0 aliphatic carbocycles. The average molecular weight is 655 g/mol. The van der Waals surface area contributed by atoms with Crippen molar-refractivity contribution in [1.29, 1.82) is 0 Å². The summed E-state index contributed by atoms with van der Waals surface area (Å²) in [7, 11) is -2.15. The van der Waals surface area contributed by atoms with E-state index in [2.05, 4.69) is 5.10 Å². The number of likely N-dealkylation sites (tertiary alicyclic amines) is 1. The number of β-amino-alcohol motifs (C(OH)–C–C–N with tert-alkyl or cyclic N) is 1. The van der Waals surface area contributed by atoms with Gasteiger partial charge < -0.3 is 19.6 Å². The van der Waals surface area contributed by atoms with Gasteiger partial charge in [-0.05, 0) is 54.8 Å². The second-order valence-electron chi connectivity index (χ2n) is 11.2. The molecule has 240 valence electrons. The fourth-order valence-corrected chi connectivity index (χ4v) is 6.86. The van der Waals surface area contributed by atoms with Crippen molar-refractivity contribution in [3.05, 3.63) is 89.2 Å². The molecule has 4 aromatic rings. The van der Waals surface area contributed by atoms with Crippen LogP contribution in [0.3, 0.4) is 0 Å². The lowest BCUT2D eigenvalue weighted by Crippen LogP contribution is -2.39. The number of alkyl halides is 3. The van der Waals surface area contributed by atoms with Gasteiger partial charge in [0.25, 0.3) is 11.8 Å². The van der Waals surface area contributed by atoms with Crippen molar-refractivity contribution < 1.29 is 41.0 Å². The number of carbonyl (C=O) groups excluding carboxylic acids is 2. The predicted octanol–water partition coefficient (Wildman–Crippen LogP) is 4.38. The second kappa shape index (κ2) is 11.6. The molecule has 3 heterocycles. The number of aliphatic hydroxyl groups excluding tert-OH is 1. The molecule has 14 heteroatoms. The molecule has 46 heavy (non-hydrogen) atoms. The number of benzene rings is 3. The number of hydrogen-bond acceptors (Lipinski definition) is 7. The fourth-order valence-electron chi connectivity index (χ4n) is 5.95. The summed E-state index contributed by atoms with van der Waals surface area (Å²) in [5.41, 5.74) is -0.465.